The summed E-state index contributed by atoms with van der Waals surface area (Å²) >= 11 is 0. The number of carbonyl (C=O) groups excluding carboxylic acids is 1. The number of amides is 1. The summed E-state index contributed by atoms with van der Waals surface area (Å²) in [5, 5.41) is 6.84. The van der Waals surface area contributed by atoms with Crippen molar-refractivity contribution in [3.63, 3.8) is 0 Å². The first-order valence-corrected chi connectivity index (χ1v) is 11.7. The van der Waals surface area contributed by atoms with Gasteiger partial charge in [0.15, 0.2) is 5.76 Å². The van der Waals surface area contributed by atoms with Crippen molar-refractivity contribution in [2.24, 2.45) is 11.8 Å². The van der Waals surface area contributed by atoms with Crippen molar-refractivity contribution in [1.82, 2.24) is 19.4 Å². The second-order valence-corrected chi connectivity index (χ2v) is 10.1. The van der Waals surface area contributed by atoms with Gasteiger partial charge in [-0.25, -0.2) is 8.42 Å². The Morgan fingerprint density at radius 3 is 2.62 bits per heavy atom. The molecular formula is C20H28N4O4S. The fourth-order valence-corrected chi connectivity index (χ4v) is 5.64. The van der Waals surface area contributed by atoms with Gasteiger partial charge in [-0.2, -0.15) is 9.40 Å². The lowest BCUT2D eigenvalue weighted by atomic mass is 9.93. The van der Waals surface area contributed by atoms with Crippen molar-refractivity contribution < 1.29 is 17.6 Å². The van der Waals surface area contributed by atoms with Crippen LogP contribution in [0.4, 0.5) is 0 Å². The van der Waals surface area contributed by atoms with E-state index in [9.17, 15) is 13.2 Å². The number of hydrogen-bond donors (Lipinski definition) is 1. The van der Waals surface area contributed by atoms with Crippen LogP contribution in [0.25, 0.3) is 11.5 Å². The van der Waals surface area contributed by atoms with E-state index >= 15 is 0 Å². The van der Waals surface area contributed by atoms with Gasteiger partial charge in [-0.3, -0.25) is 9.89 Å². The largest absolute Gasteiger partial charge is 0.442 e. The lowest BCUT2D eigenvalue weighted by molar-refractivity contribution is -0.138. The molecule has 2 aliphatic heterocycles. The summed E-state index contributed by atoms with van der Waals surface area (Å²) in [4.78, 5) is 14.8. The number of nitrogens with zero attached hydrogens (tertiary/aromatic N) is 3. The average molecular weight is 421 g/mol. The van der Waals surface area contributed by atoms with E-state index in [1.165, 1.54) is 16.8 Å². The third-order valence-electron chi connectivity index (χ3n) is 5.91. The highest BCUT2D eigenvalue weighted by Gasteiger charge is 2.36. The molecule has 2 aromatic rings. The number of nitrogens with one attached hydrogen (secondary N) is 1. The molecule has 0 saturated carbocycles. The molecule has 0 radical (unpaired) electrons. The van der Waals surface area contributed by atoms with E-state index in [0.29, 0.717) is 43.3 Å². The molecule has 0 bridgehead atoms. The van der Waals surface area contributed by atoms with Crippen molar-refractivity contribution in [3.05, 3.63) is 23.9 Å². The van der Waals surface area contributed by atoms with Gasteiger partial charge in [0, 0.05) is 37.8 Å². The SMILES string of the molecule is Cc1cc(-c2ccc(S(=O)(=O)N3CCC(C(=O)N4CCC[C@@H](C)C4)CC3)o2)n[nH]1. The van der Waals surface area contributed by atoms with Gasteiger partial charge in [0.1, 0.15) is 5.69 Å². The molecule has 158 valence electrons. The Balaban J connectivity index is 1.40. The molecule has 2 saturated heterocycles. The van der Waals surface area contributed by atoms with Crippen LogP contribution >= 0.6 is 0 Å². The van der Waals surface area contributed by atoms with E-state index in [-0.39, 0.29) is 16.9 Å². The van der Waals surface area contributed by atoms with E-state index in [1.54, 1.807) is 12.1 Å². The van der Waals surface area contributed by atoms with Gasteiger partial charge in [-0.15, -0.1) is 0 Å². The number of aryl methyl sites for hydroxylation is 1. The van der Waals surface area contributed by atoms with E-state index in [4.69, 9.17) is 4.42 Å². The van der Waals surface area contributed by atoms with Crippen molar-refractivity contribution in [2.45, 2.75) is 44.6 Å². The number of piperidine rings is 2. The quantitative estimate of drug-likeness (QED) is 0.820. The van der Waals surface area contributed by atoms with Crippen LogP contribution in [-0.2, 0) is 14.8 Å². The van der Waals surface area contributed by atoms with E-state index < -0.39 is 10.0 Å². The lowest BCUT2D eigenvalue weighted by Gasteiger charge is -2.36. The topological polar surface area (TPSA) is 99.5 Å². The molecule has 4 heterocycles. The molecular weight excluding hydrogens is 392 g/mol. The molecule has 2 aliphatic rings. The van der Waals surface area contributed by atoms with Crippen LogP contribution < -0.4 is 0 Å². The Labute approximate surface area is 171 Å². The highest BCUT2D eigenvalue weighted by Crippen LogP contribution is 2.29. The minimum atomic E-state index is -3.72. The third-order valence-corrected chi connectivity index (χ3v) is 7.68. The molecule has 0 spiro atoms. The maximum absolute atomic E-state index is 13.0. The van der Waals surface area contributed by atoms with E-state index in [2.05, 4.69) is 17.1 Å². The Kier molecular flexibility index (Phi) is 5.52. The summed E-state index contributed by atoms with van der Waals surface area (Å²) in [6.07, 6.45) is 3.32. The molecule has 1 atom stereocenters. The normalized spacial score (nSPS) is 22.1. The predicted molar refractivity (Wildman–Crippen MR) is 107 cm³/mol. The van der Waals surface area contributed by atoms with Crippen molar-refractivity contribution >= 4 is 15.9 Å². The highest BCUT2D eigenvalue weighted by atomic mass is 32.2. The maximum atomic E-state index is 13.0. The molecule has 4 rings (SSSR count). The van der Waals surface area contributed by atoms with E-state index in [0.717, 1.165) is 25.2 Å². The van der Waals surface area contributed by atoms with Crippen LogP contribution in [0.15, 0.2) is 27.7 Å². The number of hydrogen-bond acceptors (Lipinski definition) is 5. The first-order chi connectivity index (χ1) is 13.8. The fourth-order valence-electron chi connectivity index (χ4n) is 4.26. The third kappa shape index (κ3) is 4.11. The molecule has 9 heteroatoms. The minimum Gasteiger partial charge on any atom is -0.442 e. The van der Waals surface area contributed by atoms with Gasteiger partial charge in [-0.05, 0) is 56.7 Å². The highest BCUT2D eigenvalue weighted by molar-refractivity contribution is 7.89. The summed E-state index contributed by atoms with van der Waals surface area (Å²) < 4.78 is 33.0. The van der Waals surface area contributed by atoms with Crippen LogP contribution in [-0.4, -0.2) is 59.9 Å². The number of rotatable bonds is 4. The summed E-state index contributed by atoms with van der Waals surface area (Å²) in [6, 6.07) is 4.89. The van der Waals surface area contributed by atoms with Gasteiger partial charge in [0.2, 0.25) is 11.0 Å². The number of carbonyl (C=O) groups is 1. The van der Waals surface area contributed by atoms with Crippen LogP contribution in [0.3, 0.4) is 0 Å². The number of sulfonamides is 1. The Bertz CT molecular complexity index is 972. The van der Waals surface area contributed by atoms with Crippen molar-refractivity contribution in [3.8, 4) is 11.5 Å². The summed E-state index contributed by atoms with van der Waals surface area (Å²) in [6.45, 7) is 6.35. The Morgan fingerprint density at radius 1 is 1.21 bits per heavy atom. The molecule has 0 aliphatic carbocycles. The van der Waals surface area contributed by atoms with Gasteiger partial charge in [-0.1, -0.05) is 6.92 Å². The molecule has 8 nitrogen and oxygen atoms in total. The fraction of sp³-hybridized carbons (Fsp3) is 0.600. The maximum Gasteiger partial charge on any atom is 0.276 e. The molecule has 0 unspecified atom stereocenters. The van der Waals surface area contributed by atoms with Crippen molar-refractivity contribution in [2.75, 3.05) is 26.2 Å². The zero-order chi connectivity index (χ0) is 20.6. The molecule has 1 N–H and O–H groups in total. The van der Waals surface area contributed by atoms with Gasteiger partial charge in [0.25, 0.3) is 10.0 Å². The second-order valence-electron chi connectivity index (χ2n) is 8.26. The van der Waals surface area contributed by atoms with Crippen LogP contribution in [0.1, 0.15) is 38.3 Å². The zero-order valence-corrected chi connectivity index (χ0v) is 17.7. The zero-order valence-electron chi connectivity index (χ0n) is 16.9. The summed E-state index contributed by atoms with van der Waals surface area (Å²) in [7, 11) is -3.72. The smallest absolute Gasteiger partial charge is 0.276 e. The number of likely N-dealkylation sites (tertiary alicyclic amines) is 1. The van der Waals surface area contributed by atoms with Gasteiger partial charge in [0.05, 0.1) is 0 Å². The average Bonchev–Trinajstić information content (AvgIpc) is 3.37. The molecule has 1 amide bonds. The first-order valence-electron chi connectivity index (χ1n) is 10.3. The van der Waals surface area contributed by atoms with Crippen LogP contribution in [0.2, 0.25) is 0 Å². The van der Waals surface area contributed by atoms with Gasteiger partial charge >= 0.3 is 0 Å². The summed E-state index contributed by atoms with van der Waals surface area (Å²) in [5.74, 6) is 1.05. The van der Waals surface area contributed by atoms with Gasteiger partial charge < -0.3 is 9.32 Å². The number of aromatic nitrogens is 2. The monoisotopic (exact) mass is 420 g/mol. The van der Waals surface area contributed by atoms with Crippen LogP contribution in [0, 0.1) is 18.8 Å². The van der Waals surface area contributed by atoms with Crippen molar-refractivity contribution in [1.29, 1.82) is 0 Å². The second kappa shape index (κ2) is 7.95. The Hall–Kier alpha value is -2.13. The molecule has 2 aromatic heterocycles. The molecule has 29 heavy (non-hydrogen) atoms. The molecule has 0 aromatic carbocycles. The molecule has 2 fully saturated rings. The number of furan rings is 1. The number of aromatic amines is 1. The Morgan fingerprint density at radius 2 is 1.97 bits per heavy atom. The minimum absolute atomic E-state index is 0.0808. The van der Waals surface area contributed by atoms with E-state index in [1.807, 2.05) is 11.8 Å². The lowest BCUT2D eigenvalue weighted by Crippen LogP contribution is -2.46. The standard InChI is InChI=1S/C20H28N4O4S/c1-14-4-3-9-23(13-14)20(25)16-7-10-24(11-8-16)29(26,27)19-6-5-18(28-19)17-12-15(2)21-22-17/h5-6,12,14,16H,3-4,7-11,13H2,1-2H3,(H,21,22)/t14-/m1/s1. The van der Waals surface area contributed by atoms with Crippen LogP contribution in [0.5, 0.6) is 0 Å². The number of H-pyrrole nitrogens is 1. The first kappa shape index (κ1) is 20.2. The predicted octanol–water partition coefficient (Wildman–Crippen LogP) is 2.64. The summed E-state index contributed by atoms with van der Waals surface area (Å²) in [5.41, 5.74) is 1.44.